The van der Waals surface area contributed by atoms with Gasteiger partial charge in [-0.1, -0.05) is 48.0 Å². The molecular weight excluding hydrogens is 314 g/mol. The van der Waals surface area contributed by atoms with Crippen LogP contribution in [0.15, 0.2) is 48.5 Å². The number of rotatable bonds is 5. The van der Waals surface area contributed by atoms with Gasteiger partial charge in [-0.05, 0) is 24.1 Å². The molecule has 2 N–H and O–H groups in total. The first-order valence-electron chi connectivity index (χ1n) is 8.47. The fraction of sp³-hybridized carbons (Fsp3) is 0.300. The number of aryl methyl sites for hydroxylation is 1. The lowest BCUT2D eigenvalue weighted by Crippen LogP contribution is -2.48. The molecule has 2 aromatic rings. The Hall–Kier alpha value is -2.82. The van der Waals surface area contributed by atoms with Crippen molar-refractivity contribution < 1.29 is 9.59 Å². The average molecular weight is 337 g/mol. The van der Waals surface area contributed by atoms with Crippen LogP contribution >= 0.6 is 0 Å². The fourth-order valence-electron chi connectivity index (χ4n) is 3.28. The van der Waals surface area contributed by atoms with Crippen molar-refractivity contribution in [1.29, 1.82) is 0 Å². The quantitative estimate of drug-likeness (QED) is 0.874. The summed E-state index contributed by atoms with van der Waals surface area (Å²) in [4.78, 5) is 26.5. The number of likely N-dealkylation sites (N-methyl/N-ethyl adjacent to an activating group) is 1. The molecule has 1 atom stereocenters. The second kappa shape index (κ2) is 7.38. The molecule has 1 aliphatic rings. The maximum Gasteiger partial charge on any atom is 0.242 e. The highest BCUT2D eigenvalue weighted by atomic mass is 16.2. The highest BCUT2D eigenvalue weighted by molar-refractivity contribution is 5.91. The van der Waals surface area contributed by atoms with E-state index in [-0.39, 0.29) is 24.4 Å². The van der Waals surface area contributed by atoms with Crippen LogP contribution in [0.25, 0.3) is 0 Å². The first-order valence-corrected chi connectivity index (χ1v) is 8.47. The summed E-state index contributed by atoms with van der Waals surface area (Å²) in [6, 6.07) is 15.6. The predicted octanol–water partition coefficient (Wildman–Crippen LogP) is 1.79. The molecule has 0 saturated carbocycles. The number of nitrogens with one attached hydrogen (secondary N) is 2. The Morgan fingerprint density at radius 2 is 1.96 bits per heavy atom. The van der Waals surface area contributed by atoms with E-state index in [4.69, 9.17) is 0 Å². The Kier molecular flexibility index (Phi) is 5.03. The van der Waals surface area contributed by atoms with Crippen LogP contribution in [0.4, 0.5) is 5.69 Å². The normalized spacial score (nSPS) is 15.6. The van der Waals surface area contributed by atoms with Crippen molar-refractivity contribution in [3.8, 4) is 0 Å². The summed E-state index contributed by atoms with van der Waals surface area (Å²) in [5.74, 6) is -0.158. The van der Waals surface area contributed by atoms with Crippen molar-refractivity contribution >= 4 is 17.5 Å². The van der Waals surface area contributed by atoms with E-state index in [1.54, 1.807) is 7.05 Å². The van der Waals surface area contributed by atoms with E-state index in [0.717, 1.165) is 16.8 Å². The summed E-state index contributed by atoms with van der Waals surface area (Å²) in [6.45, 7) is 2.68. The Bertz CT molecular complexity index is 788. The average Bonchev–Trinajstić information content (AvgIpc) is 2.98. The van der Waals surface area contributed by atoms with E-state index < -0.39 is 0 Å². The molecule has 0 bridgehead atoms. The molecule has 0 aromatic heterocycles. The molecule has 0 radical (unpaired) electrons. The van der Waals surface area contributed by atoms with E-state index in [1.165, 1.54) is 5.56 Å². The van der Waals surface area contributed by atoms with Crippen molar-refractivity contribution in [2.75, 3.05) is 18.5 Å². The SMILES string of the molecule is CNC(=O)[C@@H]1Cc2ccccc2N1CC(=O)NCc1cccc(C)c1. The standard InChI is InChI=1S/C20H23N3O2/c1-14-6-5-7-15(10-14)12-22-19(24)13-23-17-9-4-3-8-16(17)11-18(23)20(25)21-2/h3-10,18H,11-13H2,1-2H3,(H,21,25)(H,22,24)/t18-/m0/s1. The van der Waals surface area contributed by atoms with Gasteiger partial charge in [0.1, 0.15) is 6.04 Å². The highest BCUT2D eigenvalue weighted by Crippen LogP contribution is 2.31. The van der Waals surface area contributed by atoms with Gasteiger partial charge >= 0.3 is 0 Å². The van der Waals surface area contributed by atoms with E-state index in [9.17, 15) is 9.59 Å². The molecule has 0 fully saturated rings. The summed E-state index contributed by atoms with van der Waals surface area (Å²) >= 11 is 0. The Morgan fingerprint density at radius 1 is 1.16 bits per heavy atom. The molecule has 0 unspecified atom stereocenters. The molecule has 0 spiro atoms. The van der Waals surface area contributed by atoms with Crippen LogP contribution in [0.5, 0.6) is 0 Å². The van der Waals surface area contributed by atoms with Gasteiger partial charge in [-0.3, -0.25) is 9.59 Å². The number of hydrogen-bond donors (Lipinski definition) is 2. The van der Waals surface area contributed by atoms with Gasteiger partial charge in [-0.15, -0.1) is 0 Å². The van der Waals surface area contributed by atoms with Gasteiger partial charge < -0.3 is 15.5 Å². The molecular formula is C20H23N3O2. The van der Waals surface area contributed by atoms with Gasteiger partial charge in [0.05, 0.1) is 6.54 Å². The maximum atomic E-state index is 12.4. The van der Waals surface area contributed by atoms with E-state index in [1.807, 2.05) is 54.3 Å². The van der Waals surface area contributed by atoms with Gasteiger partial charge in [-0.25, -0.2) is 0 Å². The minimum atomic E-state index is -0.341. The maximum absolute atomic E-state index is 12.4. The minimum Gasteiger partial charge on any atom is -0.357 e. The summed E-state index contributed by atoms with van der Waals surface area (Å²) in [7, 11) is 1.63. The third-order valence-electron chi connectivity index (χ3n) is 4.53. The van der Waals surface area contributed by atoms with Crippen molar-refractivity contribution in [2.45, 2.75) is 25.9 Å². The molecule has 3 rings (SSSR count). The summed E-state index contributed by atoms with van der Waals surface area (Å²) in [5.41, 5.74) is 4.29. The molecule has 25 heavy (non-hydrogen) atoms. The van der Waals surface area contributed by atoms with E-state index in [0.29, 0.717) is 13.0 Å². The molecule has 0 saturated heterocycles. The number of para-hydroxylation sites is 1. The van der Waals surface area contributed by atoms with Crippen molar-refractivity contribution in [1.82, 2.24) is 10.6 Å². The lowest BCUT2D eigenvalue weighted by Gasteiger charge is -2.25. The zero-order valence-corrected chi connectivity index (χ0v) is 14.6. The number of fused-ring (bicyclic) bond motifs is 1. The van der Waals surface area contributed by atoms with Gasteiger partial charge in [-0.2, -0.15) is 0 Å². The lowest BCUT2D eigenvalue weighted by atomic mass is 10.1. The molecule has 2 amide bonds. The fourth-order valence-corrected chi connectivity index (χ4v) is 3.28. The number of carbonyl (C=O) groups is 2. The summed E-state index contributed by atoms with van der Waals surface area (Å²) in [5, 5.41) is 5.65. The molecule has 0 aliphatic carbocycles. The second-order valence-electron chi connectivity index (χ2n) is 6.36. The molecule has 1 aliphatic heterocycles. The Balaban J connectivity index is 1.68. The van der Waals surface area contributed by atoms with Crippen LogP contribution in [0, 0.1) is 6.92 Å². The summed E-state index contributed by atoms with van der Waals surface area (Å²) in [6.07, 6.45) is 0.626. The number of amides is 2. The van der Waals surface area contributed by atoms with Crippen LogP contribution in [-0.2, 0) is 22.6 Å². The third kappa shape index (κ3) is 3.82. The van der Waals surface area contributed by atoms with Crippen LogP contribution in [0.1, 0.15) is 16.7 Å². The first-order chi connectivity index (χ1) is 12.1. The molecule has 2 aromatic carbocycles. The molecule has 5 heteroatoms. The number of carbonyl (C=O) groups excluding carboxylic acids is 2. The Morgan fingerprint density at radius 3 is 2.72 bits per heavy atom. The van der Waals surface area contributed by atoms with Crippen LogP contribution in [0.2, 0.25) is 0 Å². The topological polar surface area (TPSA) is 61.4 Å². The number of anilines is 1. The van der Waals surface area contributed by atoms with Gasteiger partial charge in [0.25, 0.3) is 0 Å². The van der Waals surface area contributed by atoms with Crippen molar-refractivity contribution in [3.05, 3.63) is 65.2 Å². The van der Waals surface area contributed by atoms with E-state index in [2.05, 4.69) is 16.7 Å². The van der Waals surface area contributed by atoms with Gasteiger partial charge in [0, 0.05) is 25.7 Å². The zero-order valence-electron chi connectivity index (χ0n) is 14.6. The van der Waals surface area contributed by atoms with Gasteiger partial charge in [0.2, 0.25) is 11.8 Å². The molecule has 130 valence electrons. The Labute approximate surface area is 148 Å². The number of benzene rings is 2. The second-order valence-corrected chi connectivity index (χ2v) is 6.36. The summed E-state index contributed by atoms with van der Waals surface area (Å²) < 4.78 is 0. The smallest absolute Gasteiger partial charge is 0.242 e. The van der Waals surface area contributed by atoms with Crippen LogP contribution in [-0.4, -0.2) is 31.4 Å². The van der Waals surface area contributed by atoms with E-state index >= 15 is 0 Å². The minimum absolute atomic E-state index is 0.0670. The highest BCUT2D eigenvalue weighted by Gasteiger charge is 2.34. The molecule has 5 nitrogen and oxygen atoms in total. The number of hydrogen-bond acceptors (Lipinski definition) is 3. The van der Waals surface area contributed by atoms with Crippen molar-refractivity contribution in [3.63, 3.8) is 0 Å². The number of nitrogens with zero attached hydrogens (tertiary/aromatic N) is 1. The van der Waals surface area contributed by atoms with Crippen molar-refractivity contribution in [2.24, 2.45) is 0 Å². The van der Waals surface area contributed by atoms with Crippen LogP contribution < -0.4 is 15.5 Å². The third-order valence-corrected chi connectivity index (χ3v) is 4.53. The molecule has 1 heterocycles. The largest absolute Gasteiger partial charge is 0.357 e. The lowest BCUT2D eigenvalue weighted by molar-refractivity contribution is -0.122. The van der Waals surface area contributed by atoms with Gasteiger partial charge in [0.15, 0.2) is 0 Å². The monoisotopic (exact) mass is 337 g/mol. The first kappa shape index (κ1) is 17.0. The predicted molar refractivity (Wildman–Crippen MR) is 98.4 cm³/mol. The van der Waals surface area contributed by atoms with Crippen LogP contribution in [0.3, 0.4) is 0 Å². The zero-order chi connectivity index (χ0) is 17.8.